The van der Waals surface area contributed by atoms with Crippen molar-refractivity contribution in [1.82, 2.24) is 0 Å². The fourth-order valence-electron chi connectivity index (χ4n) is 4.54. The molecule has 24 heavy (non-hydrogen) atoms. The Hall–Kier alpha value is -0.600. The van der Waals surface area contributed by atoms with E-state index in [1.165, 1.54) is 70.6 Å². The van der Waals surface area contributed by atoms with Crippen molar-refractivity contribution in [2.24, 2.45) is 23.7 Å². The summed E-state index contributed by atoms with van der Waals surface area (Å²) < 4.78 is 0. The van der Waals surface area contributed by atoms with E-state index in [0.717, 1.165) is 12.3 Å². The van der Waals surface area contributed by atoms with E-state index in [1.807, 2.05) is 0 Å². The average Bonchev–Trinajstić information content (AvgIpc) is 3.22. The zero-order chi connectivity index (χ0) is 17.2. The second-order valence-corrected chi connectivity index (χ2v) is 8.05. The fourth-order valence-corrected chi connectivity index (χ4v) is 4.54. The van der Waals surface area contributed by atoms with Crippen LogP contribution in [0.3, 0.4) is 0 Å². The Morgan fingerprint density at radius 3 is 2.50 bits per heavy atom. The lowest BCUT2D eigenvalue weighted by molar-refractivity contribution is -0.0751. The van der Waals surface area contributed by atoms with Crippen LogP contribution in [0.4, 0.5) is 0 Å². The number of rotatable bonds is 10. The fraction of sp³-hybridized carbons (Fsp3) is 0.818. The first-order valence-corrected chi connectivity index (χ1v) is 10.4. The normalized spacial score (nSPS) is 27.2. The molecule has 2 N–H and O–H groups in total. The summed E-state index contributed by atoms with van der Waals surface area (Å²) in [6.45, 7) is 2.24. The lowest BCUT2D eigenvalue weighted by Crippen LogP contribution is -2.20. The molecule has 2 saturated carbocycles. The van der Waals surface area contributed by atoms with Crippen LogP contribution in [0.15, 0.2) is 24.3 Å². The lowest BCUT2D eigenvalue weighted by Gasteiger charge is -2.20. The number of unbranched alkanes of at least 4 members (excludes halogenated alkanes) is 2. The molecule has 0 bridgehead atoms. The molecular formula is C22H38O2. The van der Waals surface area contributed by atoms with Crippen LogP contribution in [0.25, 0.3) is 0 Å². The molecule has 0 aliphatic heterocycles. The molecule has 1 unspecified atom stereocenters. The van der Waals surface area contributed by atoms with Gasteiger partial charge in [0, 0.05) is 5.92 Å². The van der Waals surface area contributed by atoms with E-state index in [9.17, 15) is 10.2 Å². The van der Waals surface area contributed by atoms with Crippen molar-refractivity contribution in [3.63, 3.8) is 0 Å². The van der Waals surface area contributed by atoms with Gasteiger partial charge in [0.25, 0.3) is 0 Å². The molecule has 0 radical (unpaired) electrons. The summed E-state index contributed by atoms with van der Waals surface area (Å²) in [7, 11) is 0. The number of aliphatic hydroxyl groups is 2. The van der Waals surface area contributed by atoms with Crippen LogP contribution in [-0.4, -0.2) is 16.5 Å². The van der Waals surface area contributed by atoms with Gasteiger partial charge in [0.05, 0.1) is 0 Å². The van der Waals surface area contributed by atoms with Crippen molar-refractivity contribution in [3.8, 4) is 0 Å². The quantitative estimate of drug-likeness (QED) is 0.310. The van der Waals surface area contributed by atoms with Gasteiger partial charge in [0.1, 0.15) is 0 Å². The largest absolute Gasteiger partial charge is 0.368 e. The Kier molecular flexibility index (Phi) is 9.12. The van der Waals surface area contributed by atoms with E-state index in [0.29, 0.717) is 11.8 Å². The zero-order valence-electron chi connectivity index (χ0n) is 15.6. The first-order valence-electron chi connectivity index (χ1n) is 10.4. The third-order valence-electron chi connectivity index (χ3n) is 6.12. The summed E-state index contributed by atoms with van der Waals surface area (Å²) in [5.41, 5.74) is 0. The van der Waals surface area contributed by atoms with Gasteiger partial charge in [-0.3, -0.25) is 0 Å². The van der Waals surface area contributed by atoms with Gasteiger partial charge in [0.2, 0.25) is 0 Å². The second-order valence-electron chi connectivity index (χ2n) is 8.05. The molecule has 0 aromatic heterocycles. The molecule has 0 aromatic rings. The van der Waals surface area contributed by atoms with Crippen molar-refractivity contribution < 1.29 is 10.2 Å². The van der Waals surface area contributed by atoms with Gasteiger partial charge < -0.3 is 10.2 Å². The van der Waals surface area contributed by atoms with E-state index in [1.54, 1.807) is 0 Å². The molecule has 2 fully saturated rings. The summed E-state index contributed by atoms with van der Waals surface area (Å²) in [6.07, 6.45) is 23.0. The van der Waals surface area contributed by atoms with Crippen molar-refractivity contribution in [2.45, 2.75) is 90.3 Å². The summed E-state index contributed by atoms with van der Waals surface area (Å²) in [6, 6.07) is 0. The van der Waals surface area contributed by atoms with Crippen LogP contribution >= 0.6 is 0 Å². The molecule has 0 spiro atoms. The van der Waals surface area contributed by atoms with Crippen molar-refractivity contribution in [3.05, 3.63) is 24.3 Å². The first-order chi connectivity index (χ1) is 11.7. The van der Waals surface area contributed by atoms with Crippen LogP contribution in [0.1, 0.15) is 84.0 Å². The Bertz CT molecular complexity index is 379. The summed E-state index contributed by atoms with van der Waals surface area (Å²) in [4.78, 5) is 0. The van der Waals surface area contributed by atoms with E-state index in [2.05, 4.69) is 31.2 Å². The third-order valence-corrected chi connectivity index (χ3v) is 6.12. The number of allylic oxidation sites excluding steroid dienone is 3. The second kappa shape index (κ2) is 11.1. The predicted octanol–water partition coefficient (Wildman–Crippen LogP) is 5.60. The molecule has 2 heteroatoms. The Morgan fingerprint density at radius 2 is 1.79 bits per heavy atom. The molecule has 2 nitrogen and oxygen atoms in total. The minimum Gasteiger partial charge on any atom is -0.368 e. The summed E-state index contributed by atoms with van der Waals surface area (Å²) in [5, 5.41) is 19.5. The third kappa shape index (κ3) is 6.72. The molecular weight excluding hydrogens is 296 g/mol. The van der Waals surface area contributed by atoms with E-state index >= 15 is 0 Å². The summed E-state index contributed by atoms with van der Waals surface area (Å²) in [5.74, 6) is 2.00. The highest BCUT2D eigenvalue weighted by Gasteiger charge is 2.26. The smallest absolute Gasteiger partial charge is 0.157 e. The van der Waals surface area contributed by atoms with Gasteiger partial charge in [0.15, 0.2) is 6.29 Å². The maximum absolute atomic E-state index is 9.73. The SMILES string of the molecule is CCCCC=CC[C@H]1CCC[C@@H]1C=CC(CC1CCCC1)C(O)O. The van der Waals surface area contributed by atoms with Crippen LogP contribution in [0, 0.1) is 23.7 Å². The molecule has 2 aliphatic rings. The molecule has 138 valence electrons. The minimum absolute atomic E-state index is 0.0746. The van der Waals surface area contributed by atoms with Crippen molar-refractivity contribution in [2.75, 3.05) is 0 Å². The van der Waals surface area contributed by atoms with E-state index in [-0.39, 0.29) is 5.92 Å². The standard InChI is InChI=1S/C22H38O2/c1-2-3-4-5-6-12-19-13-9-14-20(19)15-16-21(22(23)24)17-18-10-7-8-11-18/h5-6,15-16,18-24H,2-4,7-14,17H2,1H3/t19-,20+,21?/m0/s1. The van der Waals surface area contributed by atoms with Gasteiger partial charge in [-0.25, -0.2) is 0 Å². The molecule has 0 saturated heterocycles. The van der Waals surface area contributed by atoms with Crippen molar-refractivity contribution in [1.29, 1.82) is 0 Å². The molecule has 2 rings (SSSR count). The number of aliphatic hydroxyl groups excluding tert-OH is 1. The minimum atomic E-state index is -1.20. The van der Waals surface area contributed by atoms with Gasteiger partial charge in [-0.2, -0.15) is 0 Å². The maximum Gasteiger partial charge on any atom is 0.157 e. The number of hydrogen-bond donors (Lipinski definition) is 2. The summed E-state index contributed by atoms with van der Waals surface area (Å²) >= 11 is 0. The number of hydrogen-bond acceptors (Lipinski definition) is 2. The predicted molar refractivity (Wildman–Crippen MR) is 102 cm³/mol. The maximum atomic E-state index is 9.73. The lowest BCUT2D eigenvalue weighted by atomic mass is 9.88. The van der Waals surface area contributed by atoms with Gasteiger partial charge in [-0.1, -0.05) is 76.2 Å². The monoisotopic (exact) mass is 334 g/mol. The zero-order valence-corrected chi connectivity index (χ0v) is 15.6. The topological polar surface area (TPSA) is 40.5 Å². The highest BCUT2D eigenvalue weighted by atomic mass is 16.5. The molecule has 2 aliphatic carbocycles. The van der Waals surface area contributed by atoms with Crippen LogP contribution < -0.4 is 0 Å². The van der Waals surface area contributed by atoms with Crippen LogP contribution in [0.5, 0.6) is 0 Å². The van der Waals surface area contributed by atoms with E-state index in [4.69, 9.17) is 0 Å². The highest BCUT2D eigenvalue weighted by molar-refractivity contribution is 5.00. The van der Waals surface area contributed by atoms with E-state index < -0.39 is 6.29 Å². The Balaban J connectivity index is 1.81. The Labute approximate surface area is 149 Å². The Morgan fingerprint density at radius 1 is 1.00 bits per heavy atom. The van der Waals surface area contributed by atoms with Gasteiger partial charge in [-0.15, -0.1) is 0 Å². The molecule has 0 amide bonds. The first kappa shape index (κ1) is 19.7. The van der Waals surface area contributed by atoms with Crippen molar-refractivity contribution >= 4 is 0 Å². The highest BCUT2D eigenvalue weighted by Crippen LogP contribution is 2.37. The van der Waals surface area contributed by atoms with Gasteiger partial charge >= 0.3 is 0 Å². The van der Waals surface area contributed by atoms with Crippen LogP contribution in [-0.2, 0) is 0 Å². The van der Waals surface area contributed by atoms with Crippen LogP contribution in [0.2, 0.25) is 0 Å². The average molecular weight is 335 g/mol. The van der Waals surface area contributed by atoms with Gasteiger partial charge in [-0.05, 0) is 49.9 Å². The molecule has 0 aromatic carbocycles. The molecule has 3 atom stereocenters. The molecule has 0 heterocycles.